The summed E-state index contributed by atoms with van der Waals surface area (Å²) < 4.78 is 11.7. The van der Waals surface area contributed by atoms with E-state index >= 15 is 0 Å². The average Bonchev–Trinajstić information content (AvgIpc) is 3.34. The van der Waals surface area contributed by atoms with E-state index in [0.717, 1.165) is 53.1 Å². The Kier molecular flexibility index (Phi) is 10.2. The predicted octanol–water partition coefficient (Wildman–Crippen LogP) is 4.96. The third-order valence-electron chi connectivity index (χ3n) is 5.07. The fourth-order valence-corrected chi connectivity index (χ4v) is 4.26. The van der Waals surface area contributed by atoms with E-state index in [1.54, 1.807) is 18.4 Å². The van der Waals surface area contributed by atoms with Gasteiger partial charge in [-0.2, -0.15) is 0 Å². The van der Waals surface area contributed by atoms with Crippen molar-refractivity contribution >= 4 is 41.3 Å². The van der Waals surface area contributed by atoms with Gasteiger partial charge in [-0.3, -0.25) is 0 Å². The van der Waals surface area contributed by atoms with Crippen molar-refractivity contribution in [3.8, 4) is 11.5 Å². The summed E-state index contributed by atoms with van der Waals surface area (Å²) in [5.74, 6) is 2.38. The van der Waals surface area contributed by atoms with Crippen LogP contribution in [0.1, 0.15) is 53.7 Å². The SMILES string of the molecule is CCNC(=NCc1ccc(OC)c(OC2CCCC2)c1)NCc1nc(C)c(C)s1.I. The molecule has 1 saturated carbocycles. The molecule has 8 heteroatoms. The number of nitrogens with one attached hydrogen (secondary N) is 2. The predicted molar refractivity (Wildman–Crippen MR) is 135 cm³/mol. The lowest BCUT2D eigenvalue weighted by molar-refractivity contribution is 0.200. The molecule has 166 valence electrons. The smallest absolute Gasteiger partial charge is 0.191 e. The highest BCUT2D eigenvalue weighted by Crippen LogP contribution is 2.32. The quantitative estimate of drug-likeness (QED) is 0.279. The minimum Gasteiger partial charge on any atom is -0.493 e. The number of nitrogens with zero attached hydrogens (tertiary/aromatic N) is 2. The van der Waals surface area contributed by atoms with Crippen LogP contribution < -0.4 is 20.1 Å². The Labute approximate surface area is 200 Å². The Morgan fingerprint density at radius 1 is 1.20 bits per heavy atom. The van der Waals surface area contributed by atoms with Gasteiger partial charge in [-0.15, -0.1) is 35.3 Å². The van der Waals surface area contributed by atoms with Crippen LogP contribution in [0, 0.1) is 13.8 Å². The molecule has 1 aliphatic carbocycles. The summed E-state index contributed by atoms with van der Waals surface area (Å²) in [5.41, 5.74) is 2.19. The summed E-state index contributed by atoms with van der Waals surface area (Å²) >= 11 is 1.72. The monoisotopic (exact) mass is 544 g/mol. The standard InChI is InChI=1S/C22H32N4O2S.HI/c1-5-23-22(25-14-21-26-15(2)16(3)29-21)24-13-17-10-11-19(27-4)20(12-17)28-18-8-6-7-9-18;/h10-12,18H,5-9,13-14H2,1-4H3,(H2,23,24,25);1H. The van der Waals surface area contributed by atoms with Gasteiger partial charge in [-0.05, 0) is 64.2 Å². The molecule has 0 radical (unpaired) electrons. The Morgan fingerprint density at radius 2 is 1.97 bits per heavy atom. The van der Waals surface area contributed by atoms with E-state index in [1.165, 1.54) is 17.7 Å². The van der Waals surface area contributed by atoms with Crippen molar-refractivity contribution < 1.29 is 9.47 Å². The van der Waals surface area contributed by atoms with Crippen molar-refractivity contribution in [2.75, 3.05) is 13.7 Å². The highest BCUT2D eigenvalue weighted by molar-refractivity contribution is 14.0. The summed E-state index contributed by atoms with van der Waals surface area (Å²) in [7, 11) is 1.68. The van der Waals surface area contributed by atoms with Crippen LogP contribution in [-0.2, 0) is 13.1 Å². The lowest BCUT2D eigenvalue weighted by Gasteiger charge is -2.17. The fourth-order valence-electron chi connectivity index (χ4n) is 3.38. The molecule has 0 bridgehead atoms. The van der Waals surface area contributed by atoms with Crippen LogP contribution in [0.2, 0.25) is 0 Å². The van der Waals surface area contributed by atoms with Gasteiger partial charge in [0.15, 0.2) is 17.5 Å². The first-order valence-corrected chi connectivity index (χ1v) is 11.2. The van der Waals surface area contributed by atoms with Gasteiger partial charge >= 0.3 is 0 Å². The zero-order valence-corrected chi connectivity index (χ0v) is 21.4. The van der Waals surface area contributed by atoms with Crippen molar-refractivity contribution in [2.45, 2.75) is 65.6 Å². The van der Waals surface area contributed by atoms with Crippen molar-refractivity contribution in [2.24, 2.45) is 4.99 Å². The number of aryl methyl sites for hydroxylation is 2. The fraction of sp³-hybridized carbons (Fsp3) is 0.545. The second-order valence-corrected chi connectivity index (χ2v) is 8.60. The normalized spacial score (nSPS) is 14.3. The van der Waals surface area contributed by atoms with Crippen LogP contribution in [-0.4, -0.2) is 30.7 Å². The van der Waals surface area contributed by atoms with E-state index in [1.807, 2.05) is 19.1 Å². The van der Waals surface area contributed by atoms with Crippen LogP contribution in [0.4, 0.5) is 0 Å². The van der Waals surface area contributed by atoms with Crippen LogP contribution in [0.25, 0.3) is 0 Å². The molecule has 0 amide bonds. The van der Waals surface area contributed by atoms with Crippen LogP contribution in [0.5, 0.6) is 11.5 Å². The van der Waals surface area contributed by atoms with Gasteiger partial charge in [0.25, 0.3) is 0 Å². The zero-order chi connectivity index (χ0) is 20.6. The molecule has 1 heterocycles. The lowest BCUT2D eigenvalue weighted by atomic mass is 10.2. The maximum absolute atomic E-state index is 6.20. The molecule has 2 N–H and O–H groups in total. The van der Waals surface area contributed by atoms with Crippen molar-refractivity contribution in [3.05, 3.63) is 39.3 Å². The van der Waals surface area contributed by atoms with Crippen LogP contribution in [0.3, 0.4) is 0 Å². The average molecular weight is 545 g/mol. The molecular weight excluding hydrogens is 511 g/mol. The molecule has 1 aromatic carbocycles. The number of aliphatic imine (C=N–C) groups is 1. The number of guanidine groups is 1. The minimum atomic E-state index is 0. The number of benzene rings is 1. The molecule has 2 aromatic rings. The van der Waals surface area contributed by atoms with E-state index in [-0.39, 0.29) is 24.0 Å². The van der Waals surface area contributed by atoms with Gasteiger partial charge < -0.3 is 20.1 Å². The molecule has 0 aliphatic heterocycles. The number of ether oxygens (including phenoxy) is 2. The minimum absolute atomic E-state index is 0. The summed E-state index contributed by atoms with van der Waals surface area (Å²) in [6.07, 6.45) is 5.03. The molecule has 0 saturated heterocycles. The number of rotatable bonds is 8. The topological polar surface area (TPSA) is 67.8 Å². The maximum atomic E-state index is 6.20. The van der Waals surface area contributed by atoms with Gasteiger partial charge in [0.2, 0.25) is 0 Å². The van der Waals surface area contributed by atoms with Gasteiger partial charge in [0, 0.05) is 11.4 Å². The molecule has 1 fully saturated rings. The highest BCUT2D eigenvalue weighted by atomic mass is 127. The van der Waals surface area contributed by atoms with Gasteiger partial charge in [0.1, 0.15) is 5.01 Å². The first-order chi connectivity index (χ1) is 14.1. The highest BCUT2D eigenvalue weighted by Gasteiger charge is 2.18. The first-order valence-electron chi connectivity index (χ1n) is 10.4. The van der Waals surface area contributed by atoms with E-state index in [9.17, 15) is 0 Å². The van der Waals surface area contributed by atoms with Gasteiger partial charge in [-0.1, -0.05) is 6.07 Å². The third-order valence-corrected chi connectivity index (χ3v) is 6.14. The third kappa shape index (κ3) is 7.01. The van der Waals surface area contributed by atoms with Gasteiger partial charge in [0.05, 0.1) is 32.0 Å². The maximum Gasteiger partial charge on any atom is 0.191 e. The second-order valence-electron chi connectivity index (χ2n) is 7.31. The first kappa shape index (κ1) is 24.7. The molecular formula is C22H33IN4O2S. The van der Waals surface area contributed by atoms with E-state index in [4.69, 9.17) is 14.5 Å². The largest absolute Gasteiger partial charge is 0.493 e. The summed E-state index contributed by atoms with van der Waals surface area (Å²) in [5, 5.41) is 7.75. The zero-order valence-electron chi connectivity index (χ0n) is 18.3. The molecule has 6 nitrogen and oxygen atoms in total. The van der Waals surface area contributed by atoms with E-state index in [2.05, 4.69) is 35.5 Å². The Balaban J connectivity index is 0.00000320. The molecule has 3 rings (SSSR count). The molecule has 1 aromatic heterocycles. The number of hydrogen-bond donors (Lipinski definition) is 2. The Hall–Kier alpha value is -1.55. The van der Waals surface area contributed by atoms with Crippen molar-refractivity contribution in [1.82, 2.24) is 15.6 Å². The molecule has 1 aliphatic rings. The Morgan fingerprint density at radius 3 is 2.60 bits per heavy atom. The number of aromatic nitrogens is 1. The number of thiazole rings is 1. The second kappa shape index (κ2) is 12.3. The number of methoxy groups -OCH3 is 1. The van der Waals surface area contributed by atoms with Crippen molar-refractivity contribution in [1.29, 1.82) is 0 Å². The summed E-state index contributed by atoms with van der Waals surface area (Å²) in [4.78, 5) is 10.6. The molecule has 0 unspecified atom stereocenters. The summed E-state index contributed by atoms with van der Waals surface area (Å²) in [6, 6.07) is 6.06. The number of halogens is 1. The van der Waals surface area contributed by atoms with E-state index < -0.39 is 0 Å². The Bertz CT molecular complexity index is 815. The molecule has 0 spiro atoms. The van der Waals surface area contributed by atoms with Crippen LogP contribution in [0.15, 0.2) is 23.2 Å². The molecule has 30 heavy (non-hydrogen) atoms. The van der Waals surface area contributed by atoms with Crippen LogP contribution >= 0.6 is 35.3 Å². The van der Waals surface area contributed by atoms with E-state index in [0.29, 0.717) is 19.2 Å². The summed E-state index contributed by atoms with van der Waals surface area (Å²) in [6.45, 7) is 8.25. The van der Waals surface area contributed by atoms with Crippen molar-refractivity contribution in [3.63, 3.8) is 0 Å². The lowest BCUT2D eigenvalue weighted by Crippen LogP contribution is -2.36. The number of hydrogen-bond acceptors (Lipinski definition) is 5. The van der Waals surface area contributed by atoms with Gasteiger partial charge in [-0.25, -0.2) is 9.98 Å². The molecule has 0 atom stereocenters.